The highest BCUT2D eigenvalue weighted by Gasteiger charge is 2.20. The van der Waals surface area contributed by atoms with Gasteiger partial charge in [0.15, 0.2) is 11.6 Å². The van der Waals surface area contributed by atoms with Crippen LogP contribution in [0.15, 0.2) is 53.4 Å². The number of ether oxygens (including phenoxy) is 1. The van der Waals surface area contributed by atoms with Gasteiger partial charge in [0.1, 0.15) is 18.9 Å². The smallest absolute Gasteiger partial charge is 0.242 e. The molecule has 1 aromatic heterocycles. The lowest BCUT2D eigenvalue weighted by Gasteiger charge is -2.12. The number of tetrazole rings is 1. The maximum absolute atomic E-state index is 12.6. The Kier molecular flexibility index (Phi) is 10.1. The Labute approximate surface area is 213 Å². The maximum atomic E-state index is 12.6. The van der Waals surface area contributed by atoms with Gasteiger partial charge in [-0.15, -0.1) is 5.10 Å². The molecule has 0 aliphatic carbocycles. The zero-order chi connectivity index (χ0) is 26.0. The first kappa shape index (κ1) is 27.5. The molecule has 0 saturated carbocycles. The number of carbonyl (C=O) groups excluding carboxylic acids is 1. The summed E-state index contributed by atoms with van der Waals surface area (Å²) >= 11 is 0. The number of Topliss-reactive ketones (excluding diaryl/α,β-unsaturated/α-hetero) is 1. The fourth-order valence-corrected chi connectivity index (χ4v) is 4.71. The lowest BCUT2D eigenvalue weighted by atomic mass is 10.0. The number of carbonyl (C=O) groups is 1. The number of hydrogen-bond acceptors (Lipinski definition) is 7. The van der Waals surface area contributed by atoms with Crippen LogP contribution in [0.3, 0.4) is 0 Å². The number of aromatic nitrogens is 4. The minimum absolute atomic E-state index is 0.0941. The zero-order valence-electron chi connectivity index (χ0n) is 21.3. The molecule has 0 unspecified atom stereocenters. The van der Waals surface area contributed by atoms with Gasteiger partial charge >= 0.3 is 0 Å². The lowest BCUT2D eigenvalue weighted by Crippen LogP contribution is -2.22. The highest BCUT2D eigenvalue weighted by Crippen LogP contribution is 2.22. The Balaban J connectivity index is 1.53. The number of nitrogens with zero attached hydrogens (tertiary/aromatic N) is 5. The van der Waals surface area contributed by atoms with Crippen molar-refractivity contribution in [2.24, 2.45) is 0 Å². The summed E-state index contributed by atoms with van der Waals surface area (Å²) in [6, 6.07) is 14.2. The van der Waals surface area contributed by atoms with E-state index in [1.165, 1.54) is 75.0 Å². The van der Waals surface area contributed by atoms with E-state index < -0.39 is 10.0 Å². The molecule has 3 aromatic rings. The van der Waals surface area contributed by atoms with Gasteiger partial charge in [0.25, 0.3) is 0 Å². The molecule has 0 saturated heterocycles. The largest absolute Gasteiger partial charge is 0.486 e. The number of ketones is 1. The van der Waals surface area contributed by atoms with E-state index in [1.807, 2.05) is 24.3 Å². The second kappa shape index (κ2) is 13.3. The summed E-state index contributed by atoms with van der Waals surface area (Å²) in [5.41, 5.74) is 1.76. The summed E-state index contributed by atoms with van der Waals surface area (Å²) in [5.74, 6) is 0.726. The third-order valence-electron chi connectivity index (χ3n) is 5.87. The van der Waals surface area contributed by atoms with E-state index in [4.69, 9.17) is 4.74 Å². The first-order chi connectivity index (χ1) is 17.3. The van der Waals surface area contributed by atoms with E-state index in [-0.39, 0.29) is 23.8 Å². The average molecular weight is 514 g/mol. The molecule has 3 rings (SSSR count). The number of sulfonamides is 1. The summed E-state index contributed by atoms with van der Waals surface area (Å²) in [6.07, 6.45) is 8.66. The first-order valence-corrected chi connectivity index (χ1v) is 13.8. The van der Waals surface area contributed by atoms with Crippen LogP contribution in [0, 0.1) is 0 Å². The van der Waals surface area contributed by atoms with Gasteiger partial charge in [0.2, 0.25) is 10.0 Å². The van der Waals surface area contributed by atoms with Crippen LogP contribution in [0.2, 0.25) is 0 Å². The molecular formula is C26H35N5O4S. The molecule has 0 N–H and O–H groups in total. The molecule has 0 fully saturated rings. The van der Waals surface area contributed by atoms with Crippen molar-refractivity contribution in [2.75, 3.05) is 20.7 Å². The van der Waals surface area contributed by atoms with Crippen molar-refractivity contribution in [3.05, 3.63) is 54.1 Å². The minimum Gasteiger partial charge on any atom is -0.486 e. The summed E-state index contributed by atoms with van der Waals surface area (Å²) in [5, 5.41) is 11.5. The summed E-state index contributed by atoms with van der Waals surface area (Å²) in [6.45, 7) is 2.01. The second-order valence-corrected chi connectivity index (χ2v) is 11.1. The van der Waals surface area contributed by atoms with Crippen LogP contribution in [-0.2, 0) is 27.8 Å². The van der Waals surface area contributed by atoms with Crippen molar-refractivity contribution >= 4 is 15.8 Å². The maximum Gasteiger partial charge on any atom is 0.242 e. The molecule has 0 bridgehead atoms. The van der Waals surface area contributed by atoms with Crippen molar-refractivity contribution < 1.29 is 17.9 Å². The van der Waals surface area contributed by atoms with E-state index in [0.717, 1.165) is 10.7 Å². The standard InChI is InChI=1S/C26H35N5O4S/c1-4-5-6-7-8-9-11-21-14-16-24(17-15-21)35-20-23(32)19-31-26(27-28-29-31)22-12-10-13-25(18-22)36(33,34)30(2)3/h10,12-18H,4-9,11,19-20H2,1-3H3. The quantitative estimate of drug-likeness (QED) is 0.281. The van der Waals surface area contributed by atoms with Gasteiger partial charge < -0.3 is 4.74 Å². The van der Waals surface area contributed by atoms with Gasteiger partial charge in [-0.2, -0.15) is 0 Å². The van der Waals surface area contributed by atoms with Crippen LogP contribution < -0.4 is 4.74 Å². The van der Waals surface area contributed by atoms with Crippen LogP contribution in [0.25, 0.3) is 11.4 Å². The van der Waals surface area contributed by atoms with E-state index >= 15 is 0 Å². The third kappa shape index (κ3) is 7.69. The fraction of sp³-hybridized carbons (Fsp3) is 0.462. The normalized spacial score (nSPS) is 11.7. The molecule has 2 aromatic carbocycles. The highest BCUT2D eigenvalue weighted by atomic mass is 32.2. The molecule has 0 spiro atoms. The highest BCUT2D eigenvalue weighted by molar-refractivity contribution is 7.89. The molecule has 0 amide bonds. The lowest BCUT2D eigenvalue weighted by molar-refractivity contribution is -0.121. The van der Waals surface area contributed by atoms with Gasteiger partial charge in [-0.1, -0.05) is 63.3 Å². The van der Waals surface area contributed by atoms with Crippen LogP contribution in [0.4, 0.5) is 0 Å². The van der Waals surface area contributed by atoms with Gasteiger partial charge in [-0.3, -0.25) is 4.79 Å². The monoisotopic (exact) mass is 513 g/mol. The Morgan fingerprint density at radius 1 is 1.00 bits per heavy atom. The molecule has 0 aliphatic rings. The molecule has 10 heteroatoms. The summed E-state index contributed by atoms with van der Waals surface area (Å²) in [7, 11) is -0.678. The van der Waals surface area contributed by atoms with Crippen LogP contribution >= 0.6 is 0 Å². The van der Waals surface area contributed by atoms with Gasteiger partial charge in [-0.25, -0.2) is 17.4 Å². The van der Waals surface area contributed by atoms with Crippen LogP contribution in [0.5, 0.6) is 5.75 Å². The van der Waals surface area contributed by atoms with Crippen molar-refractivity contribution in [1.29, 1.82) is 0 Å². The predicted molar refractivity (Wildman–Crippen MR) is 138 cm³/mol. The predicted octanol–water partition coefficient (Wildman–Crippen LogP) is 4.14. The molecule has 36 heavy (non-hydrogen) atoms. The average Bonchev–Trinajstić information content (AvgIpc) is 3.33. The fourth-order valence-electron chi connectivity index (χ4n) is 3.76. The van der Waals surface area contributed by atoms with Crippen molar-refractivity contribution in [1.82, 2.24) is 24.5 Å². The second-order valence-electron chi connectivity index (χ2n) is 8.96. The number of rotatable bonds is 15. The topological polar surface area (TPSA) is 107 Å². The first-order valence-electron chi connectivity index (χ1n) is 12.3. The molecule has 194 valence electrons. The van der Waals surface area contributed by atoms with E-state index in [2.05, 4.69) is 22.4 Å². The van der Waals surface area contributed by atoms with Gasteiger partial charge in [0, 0.05) is 19.7 Å². The Bertz CT molecular complexity index is 1220. The molecule has 0 aliphatic heterocycles. The van der Waals surface area contributed by atoms with Gasteiger partial charge in [0.05, 0.1) is 4.90 Å². The number of hydrogen-bond donors (Lipinski definition) is 0. The molecular weight excluding hydrogens is 478 g/mol. The minimum atomic E-state index is -3.61. The number of aryl methyl sites for hydroxylation is 1. The summed E-state index contributed by atoms with van der Waals surface area (Å²) in [4.78, 5) is 12.7. The molecule has 0 radical (unpaired) electrons. The third-order valence-corrected chi connectivity index (χ3v) is 7.68. The van der Waals surface area contributed by atoms with Gasteiger partial charge in [-0.05, 0) is 53.1 Å². The van der Waals surface area contributed by atoms with Crippen molar-refractivity contribution in [3.8, 4) is 17.1 Å². The zero-order valence-corrected chi connectivity index (χ0v) is 22.1. The summed E-state index contributed by atoms with van der Waals surface area (Å²) < 4.78 is 33.0. The van der Waals surface area contributed by atoms with E-state index in [0.29, 0.717) is 17.1 Å². The SMILES string of the molecule is CCCCCCCCc1ccc(OCC(=O)Cn2nnnc2-c2cccc(S(=O)(=O)N(C)C)c2)cc1. The van der Waals surface area contributed by atoms with E-state index in [9.17, 15) is 13.2 Å². The Morgan fingerprint density at radius 2 is 1.72 bits per heavy atom. The molecule has 9 nitrogen and oxygen atoms in total. The van der Waals surface area contributed by atoms with Crippen LogP contribution in [-0.4, -0.2) is 59.4 Å². The Hall–Kier alpha value is -3.11. The molecule has 1 heterocycles. The van der Waals surface area contributed by atoms with E-state index in [1.54, 1.807) is 12.1 Å². The number of unbranched alkanes of at least 4 members (excludes halogenated alkanes) is 5. The van der Waals surface area contributed by atoms with Crippen LogP contribution in [0.1, 0.15) is 51.0 Å². The number of benzene rings is 2. The van der Waals surface area contributed by atoms with Crippen molar-refractivity contribution in [3.63, 3.8) is 0 Å². The Morgan fingerprint density at radius 3 is 2.44 bits per heavy atom. The molecule has 0 atom stereocenters. The van der Waals surface area contributed by atoms with Crippen molar-refractivity contribution in [2.45, 2.75) is 63.3 Å².